The zero-order valence-electron chi connectivity index (χ0n) is 12.4. The predicted octanol–water partition coefficient (Wildman–Crippen LogP) is 3.07. The molecule has 0 saturated carbocycles. The molecule has 1 aromatic heterocycles. The van der Waals surface area contributed by atoms with Gasteiger partial charge in [0.2, 0.25) is 0 Å². The molecule has 0 unspecified atom stereocenters. The van der Waals surface area contributed by atoms with E-state index in [2.05, 4.69) is 4.98 Å². The summed E-state index contributed by atoms with van der Waals surface area (Å²) < 4.78 is 0. The molecule has 23 heavy (non-hydrogen) atoms. The van der Waals surface area contributed by atoms with Crippen LogP contribution in [-0.2, 0) is 6.42 Å². The van der Waals surface area contributed by atoms with E-state index in [-0.39, 0.29) is 11.8 Å². The lowest BCUT2D eigenvalue weighted by atomic mass is 10.1. The van der Waals surface area contributed by atoms with Gasteiger partial charge in [0.1, 0.15) is 0 Å². The zero-order chi connectivity index (χ0) is 15.8. The molecule has 0 radical (unpaired) electrons. The third kappa shape index (κ3) is 2.19. The van der Waals surface area contributed by atoms with E-state index in [4.69, 9.17) is 0 Å². The summed E-state index contributed by atoms with van der Waals surface area (Å²) in [6.45, 7) is 0.363. The Hall–Kier alpha value is -3.01. The first-order valence-corrected chi connectivity index (χ1v) is 7.53. The maximum atomic E-state index is 12.4. The number of hydrogen-bond acceptors (Lipinski definition) is 3. The SMILES string of the molecule is O=C1c2ccccc2C(=O)N1CCc1cccc2cccnc12. The summed E-state index contributed by atoms with van der Waals surface area (Å²) >= 11 is 0. The van der Waals surface area contributed by atoms with Crippen LogP contribution in [0.15, 0.2) is 60.8 Å². The lowest BCUT2D eigenvalue weighted by Crippen LogP contribution is -2.31. The van der Waals surface area contributed by atoms with Gasteiger partial charge < -0.3 is 0 Å². The summed E-state index contributed by atoms with van der Waals surface area (Å²) in [6.07, 6.45) is 2.35. The van der Waals surface area contributed by atoms with Gasteiger partial charge >= 0.3 is 0 Å². The van der Waals surface area contributed by atoms with Gasteiger partial charge in [0.25, 0.3) is 11.8 Å². The summed E-state index contributed by atoms with van der Waals surface area (Å²) in [5.41, 5.74) is 2.95. The van der Waals surface area contributed by atoms with E-state index in [9.17, 15) is 9.59 Å². The van der Waals surface area contributed by atoms with Crippen LogP contribution in [0.1, 0.15) is 26.3 Å². The molecule has 0 spiro atoms. The van der Waals surface area contributed by atoms with Gasteiger partial charge in [0.05, 0.1) is 16.6 Å². The second kappa shape index (κ2) is 5.32. The first-order chi connectivity index (χ1) is 11.3. The number of pyridine rings is 1. The second-order valence-corrected chi connectivity index (χ2v) is 5.55. The van der Waals surface area contributed by atoms with Crippen LogP contribution in [0.5, 0.6) is 0 Å². The van der Waals surface area contributed by atoms with Gasteiger partial charge in [-0.3, -0.25) is 19.5 Å². The standard InChI is InChI=1S/C19H14N2O2/c22-18-15-8-1-2-9-16(15)19(23)21(18)12-10-14-6-3-5-13-7-4-11-20-17(13)14/h1-9,11H,10,12H2. The largest absolute Gasteiger partial charge is 0.274 e. The number of para-hydroxylation sites is 1. The van der Waals surface area contributed by atoms with Crippen LogP contribution >= 0.6 is 0 Å². The van der Waals surface area contributed by atoms with E-state index in [1.165, 1.54) is 4.90 Å². The molecule has 2 amide bonds. The Labute approximate surface area is 133 Å². The Morgan fingerprint density at radius 1 is 0.826 bits per heavy atom. The van der Waals surface area contributed by atoms with E-state index in [0.29, 0.717) is 24.1 Å². The lowest BCUT2D eigenvalue weighted by Gasteiger charge is -2.14. The van der Waals surface area contributed by atoms with Crippen molar-refractivity contribution in [3.05, 3.63) is 77.5 Å². The molecule has 0 saturated heterocycles. The highest BCUT2D eigenvalue weighted by Crippen LogP contribution is 2.23. The number of benzene rings is 2. The number of carbonyl (C=O) groups excluding carboxylic acids is 2. The van der Waals surface area contributed by atoms with Crippen molar-refractivity contribution >= 4 is 22.7 Å². The number of amides is 2. The molecule has 3 aromatic rings. The third-order valence-corrected chi connectivity index (χ3v) is 4.20. The van der Waals surface area contributed by atoms with Crippen LogP contribution < -0.4 is 0 Å². The molecule has 0 aliphatic carbocycles. The zero-order valence-corrected chi connectivity index (χ0v) is 12.4. The lowest BCUT2D eigenvalue weighted by molar-refractivity contribution is 0.0656. The number of carbonyl (C=O) groups is 2. The van der Waals surface area contributed by atoms with Crippen LogP contribution in [0.25, 0.3) is 10.9 Å². The van der Waals surface area contributed by atoms with Crippen molar-refractivity contribution in [3.8, 4) is 0 Å². The normalized spacial score (nSPS) is 13.7. The molecule has 1 aliphatic rings. The van der Waals surface area contributed by atoms with Crippen LogP contribution in [0.2, 0.25) is 0 Å². The van der Waals surface area contributed by atoms with Crippen molar-refractivity contribution in [1.82, 2.24) is 9.88 Å². The van der Waals surface area contributed by atoms with Gasteiger partial charge in [-0.2, -0.15) is 0 Å². The summed E-state index contributed by atoms with van der Waals surface area (Å²) in [6, 6.07) is 16.8. The van der Waals surface area contributed by atoms with Crippen molar-refractivity contribution in [2.75, 3.05) is 6.54 Å². The number of rotatable bonds is 3. The first-order valence-electron chi connectivity index (χ1n) is 7.53. The summed E-state index contributed by atoms with van der Waals surface area (Å²) in [5.74, 6) is -0.419. The Balaban J connectivity index is 1.60. The second-order valence-electron chi connectivity index (χ2n) is 5.55. The maximum Gasteiger partial charge on any atom is 0.261 e. The van der Waals surface area contributed by atoms with Crippen LogP contribution in [0, 0.1) is 0 Å². The summed E-state index contributed by atoms with van der Waals surface area (Å²) in [5, 5.41) is 1.06. The van der Waals surface area contributed by atoms with Crippen molar-refractivity contribution in [1.29, 1.82) is 0 Å². The molecule has 0 bridgehead atoms. The Kier molecular flexibility index (Phi) is 3.15. The van der Waals surface area contributed by atoms with E-state index >= 15 is 0 Å². The van der Waals surface area contributed by atoms with Gasteiger partial charge in [0.15, 0.2) is 0 Å². The van der Waals surface area contributed by atoms with E-state index in [0.717, 1.165) is 16.5 Å². The molecule has 4 nitrogen and oxygen atoms in total. The number of hydrogen-bond donors (Lipinski definition) is 0. The van der Waals surface area contributed by atoms with E-state index < -0.39 is 0 Å². The van der Waals surface area contributed by atoms with Crippen LogP contribution in [0.4, 0.5) is 0 Å². The smallest absolute Gasteiger partial charge is 0.261 e. The van der Waals surface area contributed by atoms with Crippen LogP contribution in [0.3, 0.4) is 0 Å². The number of aromatic nitrogens is 1. The third-order valence-electron chi connectivity index (χ3n) is 4.20. The molecule has 1 aliphatic heterocycles. The minimum absolute atomic E-state index is 0.209. The number of nitrogens with zero attached hydrogens (tertiary/aromatic N) is 2. The molecule has 0 atom stereocenters. The van der Waals surface area contributed by atoms with E-state index in [1.54, 1.807) is 30.5 Å². The molecule has 4 heteroatoms. The molecular weight excluding hydrogens is 288 g/mol. The number of imide groups is 1. The molecule has 0 fully saturated rings. The highest BCUT2D eigenvalue weighted by atomic mass is 16.2. The highest BCUT2D eigenvalue weighted by molar-refractivity contribution is 6.21. The average molecular weight is 302 g/mol. The van der Waals surface area contributed by atoms with Gasteiger partial charge in [0, 0.05) is 18.1 Å². The van der Waals surface area contributed by atoms with Gasteiger partial charge in [-0.25, -0.2) is 0 Å². The van der Waals surface area contributed by atoms with Gasteiger partial charge in [-0.15, -0.1) is 0 Å². The Bertz CT molecular complexity index is 893. The van der Waals surface area contributed by atoms with Crippen molar-refractivity contribution in [2.45, 2.75) is 6.42 Å². The fraction of sp³-hybridized carbons (Fsp3) is 0.105. The van der Waals surface area contributed by atoms with Crippen molar-refractivity contribution in [3.63, 3.8) is 0 Å². The summed E-state index contributed by atoms with van der Waals surface area (Å²) in [7, 11) is 0. The molecule has 2 heterocycles. The monoisotopic (exact) mass is 302 g/mol. The predicted molar refractivity (Wildman–Crippen MR) is 87.3 cm³/mol. The van der Waals surface area contributed by atoms with Crippen molar-refractivity contribution in [2.24, 2.45) is 0 Å². The Morgan fingerprint density at radius 3 is 2.26 bits per heavy atom. The summed E-state index contributed by atoms with van der Waals surface area (Å²) in [4.78, 5) is 30.5. The van der Waals surface area contributed by atoms with Gasteiger partial charge in [-0.05, 0) is 30.2 Å². The number of fused-ring (bicyclic) bond motifs is 2. The average Bonchev–Trinajstić information content (AvgIpc) is 2.84. The molecule has 0 N–H and O–H groups in total. The van der Waals surface area contributed by atoms with Crippen molar-refractivity contribution < 1.29 is 9.59 Å². The quantitative estimate of drug-likeness (QED) is 0.699. The topological polar surface area (TPSA) is 50.3 Å². The molecule has 112 valence electrons. The van der Waals surface area contributed by atoms with Crippen LogP contribution in [-0.4, -0.2) is 28.2 Å². The molecule has 2 aromatic carbocycles. The maximum absolute atomic E-state index is 12.4. The highest BCUT2D eigenvalue weighted by Gasteiger charge is 2.34. The Morgan fingerprint density at radius 2 is 1.52 bits per heavy atom. The van der Waals surface area contributed by atoms with Gasteiger partial charge in [-0.1, -0.05) is 36.4 Å². The minimum Gasteiger partial charge on any atom is -0.274 e. The fourth-order valence-corrected chi connectivity index (χ4v) is 3.04. The minimum atomic E-state index is -0.209. The first kappa shape index (κ1) is 13.6. The molecule has 4 rings (SSSR count). The fourth-order valence-electron chi connectivity index (χ4n) is 3.04. The van der Waals surface area contributed by atoms with E-state index in [1.807, 2.05) is 30.3 Å². The molecular formula is C19H14N2O2.